The van der Waals surface area contributed by atoms with Crippen molar-refractivity contribution in [3.05, 3.63) is 70.5 Å². The van der Waals surface area contributed by atoms with Gasteiger partial charge < -0.3 is 14.8 Å². The fraction of sp³-hybridized carbons (Fsp3) is 0.385. The Balaban J connectivity index is 1.36. The molecule has 36 heavy (non-hydrogen) atoms. The van der Waals surface area contributed by atoms with Gasteiger partial charge in [-0.05, 0) is 35.9 Å². The van der Waals surface area contributed by atoms with Crippen molar-refractivity contribution in [1.82, 2.24) is 14.9 Å². The van der Waals surface area contributed by atoms with Crippen molar-refractivity contribution in [2.45, 2.75) is 24.8 Å². The summed E-state index contributed by atoms with van der Waals surface area (Å²) in [5.41, 5.74) is 2.43. The summed E-state index contributed by atoms with van der Waals surface area (Å²) in [5.74, 6) is 2.20. The Morgan fingerprint density at radius 1 is 1.17 bits per heavy atom. The van der Waals surface area contributed by atoms with Gasteiger partial charge >= 0.3 is 0 Å². The molecule has 0 aliphatic carbocycles. The van der Waals surface area contributed by atoms with Crippen LogP contribution >= 0.6 is 11.8 Å². The molecule has 0 saturated carbocycles. The lowest BCUT2D eigenvalue weighted by molar-refractivity contribution is -0.384. The maximum atomic E-state index is 11.5. The van der Waals surface area contributed by atoms with E-state index in [0.29, 0.717) is 30.4 Å². The molecule has 0 unspecified atom stereocenters. The predicted molar refractivity (Wildman–Crippen MR) is 142 cm³/mol. The molecule has 1 fully saturated rings. The number of aromatic nitrogens is 2. The van der Waals surface area contributed by atoms with Crippen LogP contribution < -0.4 is 10.1 Å². The first-order chi connectivity index (χ1) is 17.6. The number of morpholine rings is 1. The Hall–Kier alpha value is -3.21. The van der Waals surface area contributed by atoms with E-state index in [9.17, 15) is 10.1 Å². The van der Waals surface area contributed by atoms with E-state index >= 15 is 0 Å². The molecule has 1 saturated heterocycles. The molecule has 0 radical (unpaired) electrons. The first kappa shape index (κ1) is 25.9. The summed E-state index contributed by atoms with van der Waals surface area (Å²) in [6.45, 7) is 7.39. The second kappa shape index (κ2) is 13.2. The fourth-order valence-electron chi connectivity index (χ4n) is 3.80. The van der Waals surface area contributed by atoms with Crippen LogP contribution in [0, 0.1) is 10.1 Å². The first-order valence-electron chi connectivity index (χ1n) is 12.1. The molecule has 2 heterocycles. The van der Waals surface area contributed by atoms with Crippen molar-refractivity contribution >= 4 is 23.1 Å². The van der Waals surface area contributed by atoms with E-state index in [1.54, 1.807) is 36.3 Å². The van der Waals surface area contributed by atoms with Gasteiger partial charge in [-0.3, -0.25) is 15.0 Å². The maximum absolute atomic E-state index is 11.5. The van der Waals surface area contributed by atoms with Crippen LogP contribution in [0.2, 0.25) is 0 Å². The van der Waals surface area contributed by atoms with E-state index in [-0.39, 0.29) is 10.6 Å². The van der Waals surface area contributed by atoms with E-state index in [1.807, 2.05) is 30.3 Å². The number of ether oxygens (including phenoxy) is 2. The van der Waals surface area contributed by atoms with Crippen molar-refractivity contribution in [3.63, 3.8) is 0 Å². The van der Waals surface area contributed by atoms with Crippen LogP contribution in [0.5, 0.6) is 5.75 Å². The van der Waals surface area contributed by atoms with Crippen molar-refractivity contribution in [2.24, 2.45) is 0 Å². The summed E-state index contributed by atoms with van der Waals surface area (Å²) >= 11 is 1.69. The summed E-state index contributed by atoms with van der Waals surface area (Å²) < 4.78 is 11.2. The number of nitro benzene ring substituents is 1. The molecule has 2 aromatic carbocycles. The van der Waals surface area contributed by atoms with Gasteiger partial charge in [-0.15, -0.1) is 11.8 Å². The van der Waals surface area contributed by atoms with Gasteiger partial charge in [0.05, 0.1) is 30.5 Å². The molecular formula is C26H31N5O4S. The third-order valence-electron chi connectivity index (χ3n) is 5.71. The lowest BCUT2D eigenvalue weighted by Crippen LogP contribution is -2.38. The maximum Gasteiger partial charge on any atom is 0.292 e. The number of hydrogen-bond acceptors (Lipinski definition) is 9. The van der Waals surface area contributed by atoms with Crippen LogP contribution in [0.25, 0.3) is 11.4 Å². The van der Waals surface area contributed by atoms with E-state index in [0.717, 1.165) is 61.0 Å². The largest absolute Gasteiger partial charge is 0.489 e. The van der Waals surface area contributed by atoms with Crippen LogP contribution in [-0.2, 0) is 11.3 Å². The minimum absolute atomic E-state index is 0.0690. The summed E-state index contributed by atoms with van der Waals surface area (Å²) in [6.07, 6.45) is 4.42. The molecule has 0 bridgehead atoms. The highest BCUT2D eigenvalue weighted by atomic mass is 32.2. The Labute approximate surface area is 215 Å². The van der Waals surface area contributed by atoms with Gasteiger partial charge in [-0.25, -0.2) is 9.97 Å². The third kappa shape index (κ3) is 7.39. The van der Waals surface area contributed by atoms with Gasteiger partial charge in [0.25, 0.3) is 5.69 Å². The number of thioether (sulfide) groups is 1. The van der Waals surface area contributed by atoms with Gasteiger partial charge in [0.15, 0.2) is 11.6 Å². The molecule has 190 valence electrons. The second-order valence-corrected chi connectivity index (χ2v) is 9.55. The van der Waals surface area contributed by atoms with Crippen molar-refractivity contribution in [3.8, 4) is 17.1 Å². The molecule has 1 N–H and O–H groups in total. The lowest BCUT2D eigenvalue weighted by Gasteiger charge is -2.26. The molecule has 1 aromatic heterocycles. The smallest absolute Gasteiger partial charge is 0.292 e. The van der Waals surface area contributed by atoms with Gasteiger partial charge in [0.1, 0.15) is 12.3 Å². The van der Waals surface area contributed by atoms with Crippen molar-refractivity contribution in [2.75, 3.05) is 50.5 Å². The second-order valence-electron chi connectivity index (χ2n) is 8.38. The normalized spacial score (nSPS) is 13.9. The Kier molecular flexibility index (Phi) is 9.48. The van der Waals surface area contributed by atoms with Crippen LogP contribution in [0.3, 0.4) is 0 Å². The van der Waals surface area contributed by atoms with Gasteiger partial charge in [-0.1, -0.05) is 25.1 Å². The van der Waals surface area contributed by atoms with Crippen molar-refractivity contribution < 1.29 is 14.4 Å². The number of nitrogens with one attached hydrogen (secondary N) is 1. The molecule has 0 atom stereocenters. The van der Waals surface area contributed by atoms with Crippen LogP contribution in [0.1, 0.15) is 18.9 Å². The number of anilines is 1. The molecule has 10 heteroatoms. The summed E-state index contributed by atoms with van der Waals surface area (Å²) in [4.78, 5) is 23.4. The average molecular weight is 510 g/mol. The summed E-state index contributed by atoms with van der Waals surface area (Å²) in [6, 6.07) is 13.1. The lowest BCUT2D eigenvalue weighted by atomic mass is 10.1. The van der Waals surface area contributed by atoms with E-state index < -0.39 is 0 Å². The molecule has 1 aliphatic rings. The van der Waals surface area contributed by atoms with E-state index in [1.165, 1.54) is 0 Å². The third-order valence-corrected chi connectivity index (χ3v) is 6.91. The zero-order valence-electron chi connectivity index (χ0n) is 20.4. The average Bonchev–Trinajstić information content (AvgIpc) is 2.92. The van der Waals surface area contributed by atoms with Crippen LogP contribution in [-0.4, -0.2) is 65.0 Å². The number of nitro groups is 1. The fourth-order valence-corrected chi connectivity index (χ4v) is 4.61. The SMILES string of the molecule is CCCSc1ccc([N+](=O)[O-])c(NCc2cccc(-c3ncc(OCCN4CCOCC4)cn3)c2)c1. The van der Waals surface area contributed by atoms with Crippen molar-refractivity contribution in [1.29, 1.82) is 0 Å². The van der Waals surface area contributed by atoms with Gasteiger partial charge in [0, 0.05) is 42.7 Å². The molecule has 1 aliphatic heterocycles. The van der Waals surface area contributed by atoms with E-state index in [2.05, 4.69) is 27.1 Å². The molecule has 3 aromatic rings. The van der Waals surface area contributed by atoms with Gasteiger partial charge in [0.2, 0.25) is 0 Å². The Morgan fingerprint density at radius 3 is 2.72 bits per heavy atom. The van der Waals surface area contributed by atoms with Gasteiger partial charge in [-0.2, -0.15) is 0 Å². The highest BCUT2D eigenvalue weighted by molar-refractivity contribution is 7.99. The molecular weight excluding hydrogens is 478 g/mol. The van der Waals surface area contributed by atoms with Crippen LogP contribution in [0.4, 0.5) is 11.4 Å². The number of nitrogens with zero attached hydrogens (tertiary/aromatic N) is 4. The molecule has 4 rings (SSSR count). The molecule has 0 spiro atoms. The van der Waals surface area contributed by atoms with E-state index in [4.69, 9.17) is 9.47 Å². The summed E-state index contributed by atoms with van der Waals surface area (Å²) in [5, 5.41) is 14.7. The summed E-state index contributed by atoms with van der Waals surface area (Å²) in [7, 11) is 0. The molecule has 0 amide bonds. The zero-order chi connectivity index (χ0) is 25.2. The predicted octanol–water partition coefficient (Wildman–Crippen LogP) is 4.88. The first-order valence-corrected chi connectivity index (χ1v) is 13.1. The number of hydrogen-bond donors (Lipinski definition) is 1. The van der Waals surface area contributed by atoms with Crippen LogP contribution in [0.15, 0.2) is 59.8 Å². The highest BCUT2D eigenvalue weighted by Crippen LogP contribution is 2.31. The molecule has 9 nitrogen and oxygen atoms in total. The number of benzene rings is 2. The minimum atomic E-state index is -0.356. The Bertz CT molecular complexity index is 1140. The zero-order valence-corrected chi connectivity index (χ0v) is 21.2. The number of rotatable bonds is 12. The Morgan fingerprint density at radius 2 is 1.97 bits per heavy atom. The highest BCUT2D eigenvalue weighted by Gasteiger charge is 2.15. The topological polar surface area (TPSA) is 103 Å². The quantitative estimate of drug-likeness (QED) is 0.208. The minimum Gasteiger partial charge on any atom is -0.489 e. The monoisotopic (exact) mass is 509 g/mol. The standard InChI is InChI=1S/C26H31N5O4S/c1-2-14-36-23-6-7-25(31(32)33)24(16-23)27-17-20-4-3-5-21(15-20)26-28-18-22(19-29-26)35-13-10-30-8-11-34-12-9-30/h3-7,15-16,18-19,27H,2,8-14,17H2,1H3.